The fraction of sp³-hybridized carbons (Fsp3) is 0.0714. The number of hydrogen-bond donors (Lipinski definition) is 2. The summed E-state index contributed by atoms with van der Waals surface area (Å²) in [4.78, 5) is 25.4. The summed E-state index contributed by atoms with van der Waals surface area (Å²) in [6.07, 6.45) is 3.26. The molecular formula is C28H21BrFN5O2S. The molecule has 0 saturated heterocycles. The molecule has 5 rings (SSSR count). The van der Waals surface area contributed by atoms with Crippen LogP contribution in [-0.4, -0.2) is 20.9 Å². The molecule has 0 aliphatic heterocycles. The smallest absolute Gasteiger partial charge is 0.322 e. The van der Waals surface area contributed by atoms with Crippen molar-refractivity contribution in [2.45, 2.75) is 13.8 Å². The van der Waals surface area contributed by atoms with Gasteiger partial charge in [-0.25, -0.2) is 19.3 Å². The molecule has 10 heteroatoms. The maximum absolute atomic E-state index is 15.5. The first-order chi connectivity index (χ1) is 18.2. The Hall–Kier alpha value is -4.15. The molecule has 1 amide bonds. The third-order valence-electron chi connectivity index (χ3n) is 5.68. The Morgan fingerprint density at radius 2 is 1.92 bits per heavy atom. The second-order valence-corrected chi connectivity index (χ2v) is 10.4. The molecule has 0 spiro atoms. The number of benzene rings is 2. The summed E-state index contributed by atoms with van der Waals surface area (Å²) in [5.74, 6) is 0.0220. The summed E-state index contributed by atoms with van der Waals surface area (Å²) >= 11 is 4.96. The minimum atomic E-state index is -0.489. The first-order valence-electron chi connectivity index (χ1n) is 11.4. The van der Waals surface area contributed by atoms with E-state index in [0.29, 0.717) is 38.7 Å². The molecule has 0 aliphatic rings. The predicted molar refractivity (Wildman–Crippen MR) is 153 cm³/mol. The lowest BCUT2D eigenvalue weighted by Crippen LogP contribution is -2.11. The van der Waals surface area contributed by atoms with E-state index in [0.717, 1.165) is 26.0 Å². The Labute approximate surface area is 230 Å². The Balaban J connectivity index is 1.60. The van der Waals surface area contributed by atoms with Crippen molar-refractivity contribution in [3.8, 4) is 33.3 Å². The van der Waals surface area contributed by atoms with Crippen LogP contribution in [0.15, 0.2) is 77.5 Å². The summed E-state index contributed by atoms with van der Waals surface area (Å²) in [6, 6.07) is 14.0. The number of amides is 1. The quantitative estimate of drug-likeness (QED) is 0.198. The lowest BCUT2D eigenvalue weighted by atomic mass is 9.98. The van der Waals surface area contributed by atoms with Crippen LogP contribution in [0.1, 0.15) is 12.6 Å². The molecule has 3 aromatic heterocycles. The van der Waals surface area contributed by atoms with Gasteiger partial charge in [-0.1, -0.05) is 18.7 Å². The number of pyridine rings is 1. The first kappa shape index (κ1) is 25.5. The van der Waals surface area contributed by atoms with Crippen LogP contribution in [0.25, 0.3) is 31.7 Å². The molecule has 0 radical (unpaired) electrons. The highest BCUT2D eigenvalue weighted by Gasteiger charge is 2.22. The number of anilines is 2. The van der Waals surface area contributed by atoms with E-state index in [2.05, 4.69) is 42.8 Å². The summed E-state index contributed by atoms with van der Waals surface area (Å²) in [7, 11) is 0. The SMILES string of the molecule is C=C(C)C(=O)Nc1ccc(-c2sc3c(Br)cnc(N)c3c2-c2ccc(Oc3nccc(C)n3)cc2)c(F)c1. The lowest BCUT2D eigenvalue weighted by Gasteiger charge is -2.11. The summed E-state index contributed by atoms with van der Waals surface area (Å²) < 4.78 is 22.9. The number of nitrogens with one attached hydrogen (secondary N) is 1. The zero-order valence-corrected chi connectivity index (χ0v) is 22.8. The van der Waals surface area contributed by atoms with Crippen molar-refractivity contribution >= 4 is 54.8 Å². The standard InChI is InChI=1S/C28H21BrFN5O2S/c1-14(2)27(36)35-17-6-9-19(21(30)12-17)24-22(23-25(38-24)20(29)13-33-26(23)31)16-4-7-18(8-5-16)37-28-32-11-10-15(3)34-28/h4-13H,1H2,2-3H3,(H2,31,33)(H,35,36). The van der Waals surface area contributed by atoms with Crippen molar-refractivity contribution < 1.29 is 13.9 Å². The predicted octanol–water partition coefficient (Wildman–Crippen LogP) is 7.52. The van der Waals surface area contributed by atoms with E-state index in [1.807, 2.05) is 19.1 Å². The minimum Gasteiger partial charge on any atom is -0.424 e. The van der Waals surface area contributed by atoms with Gasteiger partial charge in [-0.3, -0.25) is 4.79 Å². The zero-order chi connectivity index (χ0) is 27.0. The summed E-state index contributed by atoms with van der Waals surface area (Å²) in [5.41, 5.74) is 9.70. The number of nitrogen functional groups attached to an aromatic ring is 1. The van der Waals surface area contributed by atoms with Crippen molar-refractivity contribution in [1.82, 2.24) is 15.0 Å². The Bertz CT molecular complexity index is 1720. The number of fused-ring (bicyclic) bond motifs is 1. The largest absolute Gasteiger partial charge is 0.424 e. The number of halogens is 2. The molecule has 0 fully saturated rings. The van der Waals surface area contributed by atoms with Gasteiger partial charge >= 0.3 is 6.01 Å². The van der Waals surface area contributed by atoms with Gasteiger partial charge in [-0.05, 0) is 71.7 Å². The van der Waals surface area contributed by atoms with Gasteiger partial charge < -0.3 is 15.8 Å². The lowest BCUT2D eigenvalue weighted by molar-refractivity contribution is -0.112. The maximum Gasteiger partial charge on any atom is 0.322 e. The average molecular weight is 590 g/mol. The van der Waals surface area contributed by atoms with Gasteiger partial charge in [0.05, 0.1) is 9.17 Å². The molecule has 2 aromatic carbocycles. The molecule has 0 aliphatic carbocycles. The summed E-state index contributed by atoms with van der Waals surface area (Å²) in [5, 5.41) is 3.36. The molecule has 0 unspecified atom stereocenters. The highest BCUT2D eigenvalue weighted by molar-refractivity contribution is 9.10. The average Bonchev–Trinajstić information content (AvgIpc) is 3.28. The molecule has 0 bridgehead atoms. The van der Waals surface area contributed by atoms with Crippen molar-refractivity contribution in [3.63, 3.8) is 0 Å². The molecule has 0 saturated carbocycles. The van der Waals surface area contributed by atoms with E-state index >= 15 is 4.39 Å². The Kier molecular flexibility index (Phi) is 6.92. The third kappa shape index (κ3) is 5.00. The number of rotatable bonds is 6. The van der Waals surface area contributed by atoms with Crippen LogP contribution in [0, 0.1) is 12.7 Å². The first-order valence-corrected chi connectivity index (χ1v) is 13.0. The molecular weight excluding hydrogens is 569 g/mol. The van der Waals surface area contributed by atoms with Crippen LogP contribution in [0.3, 0.4) is 0 Å². The topological polar surface area (TPSA) is 103 Å². The van der Waals surface area contributed by atoms with Crippen LogP contribution < -0.4 is 15.8 Å². The third-order valence-corrected chi connectivity index (χ3v) is 7.80. The highest BCUT2D eigenvalue weighted by atomic mass is 79.9. The van der Waals surface area contributed by atoms with Crippen LogP contribution in [0.2, 0.25) is 0 Å². The number of aromatic nitrogens is 3. The molecule has 38 heavy (non-hydrogen) atoms. The molecule has 190 valence electrons. The van der Waals surface area contributed by atoms with Crippen molar-refractivity contribution in [2.75, 3.05) is 11.1 Å². The number of ether oxygens (including phenoxy) is 1. The van der Waals surface area contributed by atoms with Gasteiger partial charge in [0, 0.05) is 50.7 Å². The van der Waals surface area contributed by atoms with Gasteiger partial charge in [0.25, 0.3) is 5.91 Å². The summed E-state index contributed by atoms with van der Waals surface area (Å²) in [6.45, 7) is 7.06. The number of aryl methyl sites for hydroxylation is 1. The molecule has 3 heterocycles. The van der Waals surface area contributed by atoms with E-state index in [9.17, 15) is 4.79 Å². The van der Waals surface area contributed by atoms with E-state index in [1.54, 1.807) is 49.6 Å². The van der Waals surface area contributed by atoms with Crippen LogP contribution >= 0.6 is 27.3 Å². The second-order valence-electron chi connectivity index (χ2n) is 8.54. The molecule has 5 aromatic rings. The van der Waals surface area contributed by atoms with Gasteiger partial charge in [0.2, 0.25) is 0 Å². The van der Waals surface area contributed by atoms with E-state index in [-0.39, 0.29) is 11.9 Å². The minimum absolute atomic E-state index is 0.248. The zero-order valence-electron chi connectivity index (χ0n) is 20.4. The Morgan fingerprint density at radius 1 is 1.16 bits per heavy atom. The van der Waals surface area contributed by atoms with Crippen LogP contribution in [-0.2, 0) is 4.79 Å². The van der Waals surface area contributed by atoms with Crippen molar-refractivity contribution in [1.29, 1.82) is 0 Å². The number of thiophene rings is 1. The number of carbonyl (C=O) groups is 1. The van der Waals surface area contributed by atoms with Gasteiger partial charge in [0.1, 0.15) is 17.4 Å². The fourth-order valence-electron chi connectivity index (χ4n) is 3.84. The van der Waals surface area contributed by atoms with Gasteiger partial charge in [-0.2, -0.15) is 0 Å². The highest BCUT2D eigenvalue weighted by Crippen LogP contribution is 2.49. The van der Waals surface area contributed by atoms with Gasteiger partial charge in [-0.15, -0.1) is 11.3 Å². The monoisotopic (exact) mass is 589 g/mol. The molecule has 0 atom stereocenters. The van der Waals surface area contributed by atoms with Gasteiger partial charge in [0.15, 0.2) is 0 Å². The van der Waals surface area contributed by atoms with Crippen LogP contribution in [0.4, 0.5) is 15.9 Å². The normalized spacial score (nSPS) is 10.9. The molecule has 3 N–H and O–H groups in total. The number of nitrogens with zero attached hydrogens (tertiary/aromatic N) is 3. The van der Waals surface area contributed by atoms with E-state index in [4.69, 9.17) is 10.5 Å². The van der Waals surface area contributed by atoms with E-state index < -0.39 is 5.82 Å². The van der Waals surface area contributed by atoms with Crippen molar-refractivity contribution in [3.05, 3.63) is 89.1 Å². The molecule has 7 nitrogen and oxygen atoms in total. The second kappa shape index (κ2) is 10.3. The number of hydrogen-bond acceptors (Lipinski definition) is 7. The number of carbonyl (C=O) groups excluding carboxylic acids is 1. The Morgan fingerprint density at radius 3 is 2.61 bits per heavy atom. The number of nitrogens with two attached hydrogens (primary N) is 1. The maximum atomic E-state index is 15.5. The van der Waals surface area contributed by atoms with Crippen LogP contribution in [0.5, 0.6) is 11.8 Å². The van der Waals surface area contributed by atoms with Crippen molar-refractivity contribution in [2.24, 2.45) is 0 Å². The fourth-order valence-corrected chi connectivity index (χ4v) is 5.65. The van der Waals surface area contributed by atoms with E-state index in [1.165, 1.54) is 17.4 Å².